The Bertz CT molecular complexity index is 916. The number of fused-ring (bicyclic) bond motifs is 1. The Morgan fingerprint density at radius 2 is 1.84 bits per heavy atom. The van der Waals surface area contributed by atoms with Crippen molar-refractivity contribution in [1.29, 1.82) is 0 Å². The highest BCUT2D eigenvalue weighted by molar-refractivity contribution is 6.07. The van der Waals surface area contributed by atoms with Crippen molar-refractivity contribution >= 4 is 28.4 Å². The lowest BCUT2D eigenvalue weighted by molar-refractivity contribution is -0.117. The summed E-state index contributed by atoms with van der Waals surface area (Å²) >= 11 is 0. The number of amides is 2. The number of aromatic amines is 1. The van der Waals surface area contributed by atoms with E-state index in [4.69, 9.17) is 0 Å². The third-order valence-corrected chi connectivity index (χ3v) is 4.08. The maximum absolute atomic E-state index is 12.4. The first-order valence-corrected chi connectivity index (χ1v) is 8.23. The average molecular weight is 336 g/mol. The van der Waals surface area contributed by atoms with Crippen LogP contribution in [0, 0.1) is 0 Å². The Labute approximate surface area is 145 Å². The van der Waals surface area contributed by atoms with Crippen LogP contribution in [0.5, 0.6) is 0 Å². The van der Waals surface area contributed by atoms with Crippen LogP contribution in [0.4, 0.5) is 5.69 Å². The van der Waals surface area contributed by atoms with Crippen molar-refractivity contribution in [2.75, 3.05) is 5.32 Å². The van der Waals surface area contributed by atoms with Gasteiger partial charge in [-0.15, -0.1) is 0 Å². The molecule has 0 bridgehead atoms. The maximum Gasteiger partial charge on any atom is 0.273 e. The lowest BCUT2D eigenvalue weighted by Crippen LogP contribution is -2.41. The van der Waals surface area contributed by atoms with E-state index < -0.39 is 6.04 Å². The maximum atomic E-state index is 12.4. The van der Waals surface area contributed by atoms with Crippen molar-refractivity contribution in [3.63, 3.8) is 0 Å². The molecule has 1 unspecified atom stereocenters. The van der Waals surface area contributed by atoms with Crippen LogP contribution in [0.2, 0.25) is 0 Å². The molecule has 6 nitrogen and oxygen atoms in total. The summed E-state index contributed by atoms with van der Waals surface area (Å²) in [5.41, 5.74) is 2.87. The Kier molecular flexibility index (Phi) is 4.79. The highest BCUT2D eigenvalue weighted by Crippen LogP contribution is 2.17. The number of nitrogens with zero attached hydrogens (tertiary/aromatic N) is 1. The summed E-state index contributed by atoms with van der Waals surface area (Å²) in [5, 5.41) is 13.2. The molecule has 0 radical (unpaired) electrons. The van der Waals surface area contributed by atoms with Crippen LogP contribution in [0.3, 0.4) is 0 Å². The second-order valence-electron chi connectivity index (χ2n) is 5.81. The first kappa shape index (κ1) is 16.7. The van der Waals surface area contributed by atoms with Gasteiger partial charge < -0.3 is 10.6 Å². The molecule has 0 aliphatic carbocycles. The van der Waals surface area contributed by atoms with Crippen molar-refractivity contribution in [3.05, 3.63) is 59.8 Å². The zero-order valence-corrected chi connectivity index (χ0v) is 14.2. The molecule has 1 aromatic heterocycles. The number of hydrogen-bond acceptors (Lipinski definition) is 3. The number of hydrogen-bond donors (Lipinski definition) is 3. The molecular weight excluding hydrogens is 316 g/mol. The van der Waals surface area contributed by atoms with Gasteiger partial charge in [-0.2, -0.15) is 5.10 Å². The molecule has 25 heavy (non-hydrogen) atoms. The summed E-state index contributed by atoms with van der Waals surface area (Å²) < 4.78 is 0. The molecule has 0 aliphatic rings. The van der Waals surface area contributed by atoms with Crippen LogP contribution in [-0.2, 0) is 11.2 Å². The normalized spacial score (nSPS) is 11.9. The summed E-state index contributed by atoms with van der Waals surface area (Å²) in [6.07, 6.45) is 0.816. The summed E-state index contributed by atoms with van der Waals surface area (Å²) in [5.74, 6) is -0.655. The number of para-hydroxylation sites is 2. The Morgan fingerprint density at radius 3 is 2.64 bits per heavy atom. The third-order valence-electron chi connectivity index (χ3n) is 4.08. The van der Waals surface area contributed by atoms with Crippen molar-refractivity contribution in [2.24, 2.45) is 0 Å². The molecule has 128 valence electrons. The minimum Gasteiger partial charge on any atom is -0.339 e. The van der Waals surface area contributed by atoms with Gasteiger partial charge in [-0.25, -0.2) is 0 Å². The van der Waals surface area contributed by atoms with E-state index in [2.05, 4.69) is 20.8 Å². The Morgan fingerprint density at radius 1 is 1.12 bits per heavy atom. The molecular formula is C19H20N4O2. The van der Waals surface area contributed by atoms with Gasteiger partial charge in [-0.1, -0.05) is 43.3 Å². The molecule has 3 rings (SSSR count). The van der Waals surface area contributed by atoms with E-state index in [1.165, 1.54) is 0 Å². The first-order valence-electron chi connectivity index (χ1n) is 8.23. The number of aryl methyl sites for hydroxylation is 1. The number of anilines is 1. The second kappa shape index (κ2) is 7.17. The average Bonchev–Trinajstić information content (AvgIpc) is 3.06. The number of carbonyl (C=O) groups is 2. The Balaban J connectivity index is 1.70. The molecule has 0 fully saturated rings. The first-order chi connectivity index (χ1) is 12.1. The van der Waals surface area contributed by atoms with Crippen molar-refractivity contribution in [3.8, 4) is 0 Å². The SMILES string of the molecule is CCc1ccccc1NC(=O)C(C)NC(=O)c1n[nH]c2ccccc12. The van der Waals surface area contributed by atoms with Crippen molar-refractivity contribution in [1.82, 2.24) is 15.5 Å². The summed E-state index contributed by atoms with van der Waals surface area (Å²) in [6, 6.07) is 14.3. The van der Waals surface area contributed by atoms with Gasteiger partial charge in [0, 0.05) is 11.1 Å². The van der Waals surface area contributed by atoms with E-state index >= 15 is 0 Å². The molecule has 3 aromatic rings. The minimum absolute atomic E-state index is 0.269. The lowest BCUT2D eigenvalue weighted by atomic mass is 10.1. The lowest BCUT2D eigenvalue weighted by Gasteiger charge is -2.15. The van der Waals surface area contributed by atoms with E-state index in [9.17, 15) is 9.59 Å². The molecule has 0 spiro atoms. The standard InChI is InChI=1S/C19H20N4O2/c1-3-13-8-4-6-10-15(13)21-18(24)12(2)20-19(25)17-14-9-5-7-11-16(14)22-23-17/h4-12H,3H2,1-2H3,(H,20,25)(H,21,24)(H,22,23). The van der Waals surface area contributed by atoms with E-state index in [-0.39, 0.29) is 17.5 Å². The van der Waals surface area contributed by atoms with Crippen LogP contribution >= 0.6 is 0 Å². The highest BCUT2D eigenvalue weighted by atomic mass is 16.2. The molecule has 2 aromatic carbocycles. The van der Waals surface area contributed by atoms with Gasteiger partial charge in [0.15, 0.2) is 5.69 Å². The van der Waals surface area contributed by atoms with Gasteiger partial charge in [-0.05, 0) is 31.0 Å². The fourth-order valence-corrected chi connectivity index (χ4v) is 2.66. The van der Waals surface area contributed by atoms with Crippen LogP contribution < -0.4 is 10.6 Å². The van der Waals surface area contributed by atoms with Crippen LogP contribution in [-0.4, -0.2) is 28.1 Å². The predicted octanol–water partition coefficient (Wildman–Crippen LogP) is 2.88. The van der Waals surface area contributed by atoms with Crippen molar-refractivity contribution in [2.45, 2.75) is 26.3 Å². The topological polar surface area (TPSA) is 86.9 Å². The van der Waals surface area contributed by atoms with E-state index in [1.807, 2.05) is 55.5 Å². The molecule has 2 amide bonds. The number of aromatic nitrogens is 2. The van der Waals surface area contributed by atoms with E-state index in [1.54, 1.807) is 6.92 Å². The smallest absolute Gasteiger partial charge is 0.273 e. The van der Waals surface area contributed by atoms with Gasteiger partial charge >= 0.3 is 0 Å². The van der Waals surface area contributed by atoms with Crippen LogP contribution in [0.15, 0.2) is 48.5 Å². The zero-order valence-electron chi connectivity index (χ0n) is 14.2. The van der Waals surface area contributed by atoms with Gasteiger partial charge in [0.25, 0.3) is 5.91 Å². The molecule has 6 heteroatoms. The van der Waals surface area contributed by atoms with Crippen LogP contribution in [0.25, 0.3) is 10.9 Å². The summed E-state index contributed by atoms with van der Waals surface area (Å²) in [4.78, 5) is 24.8. The summed E-state index contributed by atoms with van der Waals surface area (Å²) in [7, 11) is 0. The number of nitrogens with one attached hydrogen (secondary N) is 3. The monoisotopic (exact) mass is 336 g/mol. The minimum atomic E-state index is -0.687. The van der Waals surface area contributed by atoms with Gasteiger partial charge in [0.1, 0.15) is 6.04 Å². The second-order valence-corrected chi connectivity index (χ2v) is 5.81. The molecule has 3 N–H and O–H groups in total. The number of H-pyrrole nitrogens is 1. The quantitative estimate of drug-likeness (QED) is 0.669. The van der Waals surface area contributed by atoms with Gasteiger partial charge in [-0.3, -0.25) is 14.7 Å². The fourth-order valence-electron chi connectivity index (χ4n) is 2.66. The van der Waals surface area contributed by atoms with Gasteiger partial charge in [0.05, 0.1) is 5.52 Å². The zero-order chi connectivity index (χ0) is 17.8. The van der Waals surface area contributed by atoms with Gasteiger partial charge in [0.2, 0.25) is 5.91 Å². The fraction of sp³-hybridized carbons (Fsp3) is 0.211. The largest absolute Gasteiger partial charge is 0.339 e. The molecule has 1 heterocycles. The number of rotatable bonds is 5. The molecule has 0 saturated carbocycles. The van der Waals surface area contributed by atoms with Crippen LogP contribution in [0.1, 0.15) is 29.9 Å². The predicted molar refractivity (Wildman–Crippen MR) is 97.5 cm³/mol. The number of benzene rings is 2. The van der Waals surface area contributed by atoms with E-state index in [0.29, 0.717) is 0 Å². The number of carbonyl (C=O) groups excluding carboxylic acids is 2. The molecule has 0 saturated heterocycles. The third kappa shape index (κ3) is 3.52. The highest BCUT2D eigenvalue weighted by Gasteiger charge is 2.20. The Hall–Kier alpha value is -3.15. The molecule has 1 atom stereocenters. The van der Waals surface area contributed by atoms with E-state index in [0.717, 1.165) is 28.6 Å². The molecule has 0 aliphatic heterocycles. The summed E-state index contributed by atoms with van der Waals surface area (Å²) in [6.45, 7) is 3.68. The van der Waals surface area contributed by atoms with Crippen molar-refractivity contribution < 1.29 is 9.59 Å².